The molecule has 1 N–H and O–H groups in total. The predicted octanol–water partition coefficient (Wildman–Crippen LogP) is 2.14. The third-order valence-electron chi connectivity index (χ3n) is 3.32. The van der Waals surface area contributed by atoms with Crippen molar-refractivity contribution in [3.05, 3.63) is 24.3 Å². The van der Waals surface area contributed by atoms with Crippen LogP contribution in [0.1, 0.15) is 32.1 Å². The van der Waals surface area contributed by atoms with Gasteiger partial charge in [0.05, 0.1) is 12.5 Å². The molecular formula is C13H18N2O2. The lowest BCUT2D eigenvalue weighted by Crippen LogP contribution is -2.35. The number of carbonyl (C=O) groups excluding carboxylic acids is 1. The molecule has 1 aliphatic carbocycles. The first-order valence-corrected chi connectivity index (χ1v) is 6.16. The van der Waals surface area contributed by atoms with E-state index < -0.39 is 0 Å². The van der Waals surface area contributed by atoms with Gasteiger partial charge in [0.15, 0.2) is 0 Å². The molecule has 0 bridgehead atoms. The molecule has 2 unspecified atom stereocenters. The molecule has 2 aliphatic rings. The molecule has 0 radical (unpaired) electrons. The van der Waals surface area contributed by atoms with Crippen molar-refractivity contribution in [1.82, 2.24) is 5.32 Å². The summed E-state index contributed by atoms with van der Waals surface area (Å²) >= 11 is 0. The van der Waals surface area contributed by atoms with Crippen molar-refractivity contribution >= 4 is 12.6 Å². The van der Waals surface area contributed by atoms with Gasteiger partial charge in [-0.05, 0) is 18.9 Å². The molecule has 1 heterocycles. The Kier molecular flexibility index (Phi) is 4.36. The highest BCUT2D eigenvalue weighted by atomic mass is 16.5. The number of allylic oxidation sites excluding steroid dienone is 1. The van der Waals surface area contributed by atoms with E-state index in [1.807, 2.05) is 0 Å². The van der Waals surface area contributed by atoms with E-state index in [0.717, 1.165) is 31.4 Å². The maximum atomic E-state index is 10.7. The molecule has 0 spiro atoms. The number of nitrogens with one attached hydrogen (secondary N) is 1. The lowest BCUT2D eigenvalue weighted by Gasteiger charge is -2.25. The number of amides is 1. The van der Waals surface area contributed by atoms with Gasteiger partial charge in [-0.2, -0.15) is 0 Å². The van der Waals surface area contributed by atoms with E-state index in [2.05, 4.69) is 10.3 Å². The Hall–Kier alpha value is -1.58. The topological polar surface area (TPSA) is 50.7 Å². The Bertz CT molecular complexity index is 347. The number of hydrogen-bond donors (Lipinski definition) is 1. The van der Waals surface area contributed by atoms with Crippen molar-refractivity contribution in [2.45, 2.75) is 38.1 Å². The van der Waals surface area contributed by atoms with E-state index in [1.165, 1.54) is 12.8 Å². The number of rotatable bonds is 3. The maximum Gasteiger partial charge on any atom is 0.207 e. The zero-order valence-corrected chi connectivity index (χ0v) is 9.84. The van der Waals surface area contributed by atoms with Crippen molar-refractivity contribution in [3.8, 4) is 0 Å². The Morgan fingerprint density at radius 3 is 3.12 bits per heavy atom. The SMILES string of the molecule is O=CNC1CCCCCC1C1=CN=CC=CO1. The molecule has 1 amide bonds. The third-order valence-corrected chi connectivity index (χ3v) is 3.32. The number of hydrogen-bond acceptors (Lipinski definition) is 3. The Labute approximate surface area is 101 Å². The maximum absolute atomic E-state index is 10.7. The highest BCUT2D eigenvalue weighted by molar-refractivity contribution is 5.71. The van der Waals surface area contributed by atoms with Gasteiger partial charge in [0.2, 0.25) is 6.41 Å². The molecule has 17 heavy (non-hydrogen) atoms. The highest BCUT2D eigenvalue weighted by Gasteiger charge is 2.27. The summed E-state index contributed by atoms with van der Waals surface area (Å²) in [6.07, 6.45) is 13.3. The van der Waals surface area contributed by atoms with Crippen molar-refractivity contribution in [3.63, 3.8) is 0 Å². The summed E-state index contributed by atoms with van der Waals surface area (Å²) in [6.45, 7) is 0. The van der Waals surface area contributed by atoms with Crippen LogP contribution in [0.4, 0.5) is 0 Å². The molecule has 1 fully saturated rings. The van der Waals surface area contributed by atoms with Crippen LogP contribution in [0.15, 0.2) is 29.3 Å². The van der Waals surface area contributed by atoms with Crippen molar-refractivity contribution < 1.29 is 9.53 Å². The summed E-state index contributed by atoms with van der Waals surface area (Å²) < 4.78 is 5.57. The van der Waals surface area contributed by atoms with E-state index in [4.69, 9.17) is 4.74 Å². The molecule has 0 aromatic carbocycles. The van der Waals surface area contributed by atoms with E-state index in [-0.39, 0.29) is 12.0 Å². The highest BCUT2D eigenvalue weighted by Crippen LogP contribution is 2.30. The Morgan fingerprint density at radius 1 is 1.35 bits per heavy atom. The molecule has 2 rings (SSSR count). The normalized spacial score (nSPS) is 28.6. The van der Waals surface area contributed by atoms with Crippen LogP contribution in [-0.4, -0.2) is 18.7 Å². The second-order valence-corrected chi connectivity index (χ2v) is 4.41. The molecule has 4 nitrogen and oxygen atoms in total. The van der Waals surface area contributed by atoms with Gasteiger partial charge in [-0.3, -0.25) is 9.79 Å². The van der Waals surface area contributed by atoms with Gasteiger partial charge in [-0.15, -0.1) is 0 Å². The standard InChI is InChI=1S/C13H18N2O2/c16-10-15-12-6-3-1-2-5-11(12)13-9-14-7-4-8-17-13/h4,7-12H,1-3,5-6H2,(H,15,16). The van der Waals surface area contributed by atoms with Crippen LogP contribution in [0.25, 0.3) is 0 Å². The molecule has 2 atom stereocenters. The fraction of sp³-hybridized carbons (Fsp3) is 0.538. The first-order valence-electron chi connectivity index (χ1n) is 6.16. The van der Waals surface area contributed by atoms with Crippen LogP contribution < -0.4 is 5.32 Å². The number of nitrogens with zero attached hydrogens (tertiary/aromatic N) is 1. The number of aliphatic imine (C=N–C) groups is 1. The lowest BCUT2D eigenvalue weighted by molar-refractivity contribution is -0.110. The van der Waals surface area contributed by atoms with Gasteiger partial charge in [-0.1, -0.05) is 19.3 Å². The summed E-state index contributed by atoms with van der Waals surface area (Å²) in [5.74, 6) is 1.10. The summed E-state index contributed by atoms with van der Waals surface area (Å²) in [5, 5.41) is 2.91. The minimum absolute atomic E-state index is 0.169. The van der Waals surface area contributed by atoms with Crippen LogP contribution in [0.5, 0.6) is 0 Å². The summed E-state index contributed by atoms with van der Waals surface area (Å²) in [6, 6.07) is 0.169. The second kappa shape index (κ2) is 6.23. The minimum Gasteiger partial charge on any atom is -0.467 e. The van der Waals surface area contributed by atoms with Gasteiger partial charge in [0.25, 0.3) is 0 Å². The number of ether oxygens (including phenoxy) is 1. The second-order valence-electron chi connectivity index (χ2n) is 4.41. The average Bonchev–Trinajstić information content (AvgIpc) is 2.71. The molecular weight excluding hydrogens is 216 g/mol. The first kappa shape index (κ1) is 11.9. The van der Waals surface area contributed by atoms with Crippen LogP contribution in [0, 0.1) is 5.92 Å². The average molecular weight is 234 g/mol. The Balaban J connectivity index is 2.13. The molecule has 0 aromatic rings. The zero-order chi connectivity index (χ0) is 11.9. The van der Waals surface area contributed by atoms with Gasteiger partial charge in [-0.25, -0.2) is 0 Å². The van der Waals surface area contributed by atoms with Crippen LogP contribution in [0.3, 0.4) is 0 Å². The van der Waals surface area contributed by atoms with Gasteiger partial charge >= 0.3 is 0 Å². The van der Waals surface area contributed by atoms with Crippen molar-refractivity contribution in [2.24, 2.45) is 10.9 Å². The summed E-state index contributed by atoms with van der Waals surface area (Å²) in [5.41, 5.74) is 0. The van der Waals surface area contributed by atoms with Crippen molar-refractivity contribution in [2.75, 3.05) is 0 Å². The fourth-order valence-electron chi connectivity index (χ4n) is 2.47. The van der Waals surface area contributed by atoms with Crippen LogP contribution in [-0.2, 0) is 9.53 Å². The zero-order valence-electron chi connectivity index (χ0n) is 9.84. The van der Waals surface area contributed by atoms with E-state index >= 15 is 0 Å². The molecule has 0 aromatic heterocycles. The Morgan fingerprint density at radius 2 is 2.24 bits per heavy atom. The predicted molar refractivity (Wildman–Crippen MR) is 66.4 cm³/mol. The molecule has 92 valence electrons. The van der Waals surface area contributed by atoms with E-state index in [1.54, 1.807) is 24.8 Å². The molecule has 4 heteroatoms. The van der Waals surface area contributed by atoms with E-state index in [9.17, 15) is 4.79 Å². The summed E-state index contributed by atoms with van der Waals surface area (Å²) in [4.78, 5) is 14.8. The molecule has 1 saturated carbocycles. The smallest absolute Gasteiger partial charge is 0.207 e. The van der Waals surface area contributed by atoms with Gasteiger partial charge in [0, 0.05) is 18.2 Å². The van der Waals surface area contributed by atoms with Crippen LogP contribution in [0.2, 0.25) is 0 Å². The summed E-state index contributed by atoms with van der Waals surface area (Å²) in [7, 11) is 0. The van der Waals surface area contributed by atoms with Crippen LogP contribution >= 0.6 is 0 Å². The van der Waals surface area contributed by atoms with Gasteiger partial charge < -0.3 is 10.1 Å². The van der Waals surface area contributed by atoms with E-state index in [0.29, 0.717) is 0 Å². The monoisotopic (exact) mass is 234 g/mol. The van der Waals surface area contributed by atoms with Crippen molar-refractivity contribution in [1.29, 1.82) is 0 Å². The largest absolute Gasteiger partial charge is 0.467 e. The number of carbonyl (C=O) groups is 1. The third kappa shape index (κ3) is 3.19. The molecule has 1 aliphatic heterocycles. The molecule has 0 saturated heterocycles. The lowest BCUT2D eigenvalue weighted by atomic mass is 9.93. The van der Waals surface area contributed by atoms with Gasteiger partial charge in [0.1, 0.15) is 5.76 Å². The first-order chi connectivity index (χ1) is 8.42. The quantitative estimate of drug-likeness (QED) is 0.601. The fourth-order valence-corrected chi connectivity index (χ4v) is 2.47. The minimum atomic E-state index is 0.169.